The Morgan fingerprint density at radius 2 is 1.53 bits per heavy atom. The average Bonchev–Trinajstić information content (AvgIpc) is 3.46. The van der Waals surface area contributed by atoms with Gasteiger partial charge in [-0.2, -0.15) is 0 Å². The summed E-state index contributed by atoms with van der Waals surface area (Å²) in [4.78, 5) is 41.5. The van der Waals surface area contributed by atoms with Crippen LogP contribution < -0.4 is 5.32 Å². The first-order chi connectivity index (χ1) is 16.6. The van der Waals surface area contributed by atoms with Crippen molar-refractivity contribution >= 4 is 17.7 Å². The Balaban J connectivity index is 1.21. The molecule has 2 aromatic rings. The maximum Gasteiger partial charge on any atom is 0.240 e. The van der Waals surface area contributed by atoms with E-state index < -0.39 is 0 Å². The van der Waals surface area contributed by atoms with E-state index in [0.29, 0.717) is 19.4 Å². The number of benzene rings is 2. The first kappa shape index (κ1) is 22.5. The Morgan fingerprint density at radius 1 is 0.882 bits per heavy atom. The molecule has 34 heavy (non-hydrogen) atoms. The molecule has 2 saturated heterocycles. The van der Waals surface area contributed by atoms with Gasteiger partial charge in [-0.25, -0.2) is 0 Å². The quantitative estimate of drug-likeness (QED) is 0.510. The summed E-state index contributed by atoms with van der Waals surface area (Å²) in [5, 5.41) is 2.91. The van der Waals surface area contributed by atoms with Crippen molar-refractivity contribution in [3.8, 4) is 11.1 Å². The van der Waals surface area contributed by atoms with Crippen LogP contribution in [-0.2, 0) is 27.5 Å². The normalized spacial score (nSPS) is 22.3. The number of nitrogens with one attached hydrogen (secondary N) is 1. The molecule has 2 aliphatic heterocycles. The van der Waals surface area contributed by atoms with E-state index >= 15 is 0 Å². The first-order valence-electron chi connectivity index (χ1n) is 12.3. The molecule has 6 heteroatoms. The van der Waals surface area contributed by atoms with Crippen LogP contribution in [0.1, 0.15) is 36.8 Å². The van der Waals surface area contributed by atoms with E-state index in [-0.39, 0.29) is 36.1 Å². The number of rotatable bonds is 7. The SMILES string of the molecule is O=C(CN1C(=O)C2CC=CCC2C1=O)NCc1ccccc1-c1ccc(CN2CCCC2)cc1. The van der Waals surface area contributed by atoms with E-state index in [0.717, 1.165) is 28.1 Å². The predicted octanol–water partition coefficient (Wildman–Crippen LogP) is 3.52. The van der Waals surface area contributed by atoms with Gasteiger partial charge in [0.1, 0.15) is 6.54 Å². The van der Waals surface area contributed by atoms with Crippen molar-refractivity contribution < 1.29 is 14.4 Å². The van der Waals surface area contributed by atoms with Gasteiger partial charge in [-0.15, -0.1) is 0 Å². The Labute approximate surface area is 200 Å². The van der Waals surface area contributed by atoms with E-state index in [1.807, 2.05) is 30.4 Å². The zero-order chi connectivity index (χ0) is 23.5. The minimum Gasteiger partial charge on any atom is -0.350 e. The summed E-state index contributed by atoms with van der Waals surface area (Å²) in [5.41, 5.74) is 4.49. The standard InChI is InChI=1S/C28H31N3O3/c32-26(19-31-27(33)24-9-3-4-10-25(24)28(31)34)29-17-22-7-1-2-8-23(22)21-13-11-20(12-14-21)18-30-15-5-6-16-30/h1-4,7-8,11-14,24-25H,5-6,9-10,15-19H2,(H,29,32). The molecule has 2 fully saturated rings. The van der Waals surface area contributed by atoms with Gasteiger partial charge in [-0.05, 0) is 61.0 Å². The lowest BCUT2D eigenvalue weighted by atomic mass is 9.85. The van der Waals surface area contributed by atoms with Crippen LogP contribution in [0.3, 0.4) is 0 Å². The zero-order valence-corrected chi connectivity index (χ0v) is 19.4. The van der Waals surface area contributed by atoms with Crippen molar-refractivity contribution in [2.45, 2.75) is 38.8 Å². The molecule has 1 N–H and O–H groups in total. The van der Waals surface area contributed by atoms with E-state index in [1.54, 1.807) is 0 Å². The predicted molar refractivity (Wildman–Crippen MR) is 130 cm³/mol. The Bertz CT molecular complexity index is 1080. The topological polar surface area (TPSA) is 69.7 Å². The molecule has 5 rings (SSSR count). The van der Waals surface area contributed by atoms with Gasteiger partial charge in [0.15, 0.2) is 0 Å². The number of carbonyl (C=O) groups is 3. The van der Waals surface area contributed by atoms with Gasteiger partial charge in [-0.1, -0.05) is 60.7 Å². The second kappa shape index (κ2) is 9.94. The van der Waals surface area contributed by atoms with Crippen molar-refractivity contribution in [1.82, 2.24) is 15.1 Å². The number of amides is 3. The fourth-order valence-corrected chi connectivity index (χ4v) is 5.36. The average molecular weight is 458 g/mol. The van der Waals surface area contributed by atoms with Crippen molar-refractivity contribution in [2.24, 2.45) is 11.8 Å². The van der Waals surface area contributed by atoms with Crippen LogP contribution in [0.15, 0.2) is 60.7 Å². The molecule has 0 bridgehead atoms. The summed E-state index contributed by atoms with van der Waals surface area (Å²) in [6.45, 7) is 3.48. The number of hydrogen-bond donors (Lipinski definition) is 1. The molecular weight excluding hydrogens is 426 g/mol. The Kier molecular flexibility index (Phi) is 6.59. The summed E-state index contributed by atoms with van der Waals surface area (Å²) in [6, 6.07) is 16.7. The number of carbonyl (C=O) groups excluding carboxylic acids is 3. The van der Waals surface area contributed by atoms with Gasteiger partial charge in [-0.3, -0.25) is 24.2 Å². The maximum atomic E-state index is 12.6. The van der Waals surface area contributed by atoms with Gasteiger partial charge in [0.25, 0.3) is 0 Å². The van der Waals surface area contributed by atoms with Gasteiger partial charge in [0, 0.05) is 13.1 Å². The van der Waals surface area contributed by atoms with Crippen molar-refractivity contribution in [1.29, 1.82) is 0 Å². The second-order valence-corrected chi connectivity index (χ2v) is 9.53. The molecule has 2 aromatic carbocycles. The van der Waals surface area contributed by atoms with E-state index in [2.05, 4.69) is 40.5 Å². The van der Waals surface area contributed by atoms with Crippen molar-refractivity contribution in [3.05, 3.63) is 71.8 Å². The monoisotopic (exact) mass is 457 g/mol. The van der Waals surface area contributed by atoms with Gasteiger partial charge < -0.3 is 5.32 Å². The molecule has 3 aliphatic rings. The van der Waals surface area contributed by atoms with Gasteiger partial charge in [0.05, 0.1) is 11.8 Å². The molecule has 0 aromatic heterocycles. The highest BCUT2D eigenvalue weighted by Gasteiger charge is 2.47. The summed E-state index contributed by atoms with van der Waals surface area (Å²) < 4.78 is 0. The highest BCUT2D eigenvalue weighted by molar-refractivity contribution is 6.07. The third-order valence-corrected chi connectivity index (χ3v) is 7.26. The summed E-state index contributed by atoms with van der Waals surface area (Å²) in [5.74, 6) is -1.36. The van der Waals surface area contributed by atoms with Crippen LogP contribution in [0, 0.1) is 11.8 Å². The van der Waals surface area contributed by atoms with Crippen LogP contribution in [0.25, 0.3) is 11.1 Å². The molecule has 0 saturated carbocycles. The number of likely N-dealkylation sites (tertiary alicyclic amines) is 2. The summed E-state index contributed by atoms with van der Waals surface area (Å²) >= 11 is 0. The lowest BCUT2D eigenvalue weighted by Gasteiger charge is -2.16. The van der Waals surface area contributed by atoms with Crippen LogP contribution in [0.5, 0.6) is 0 Å². The van der Waals surface area contributed by atoms with Gasteiger partial charge >= 0.3 is 0 Å². The second-order valence-electron chi connectivity index (χ2n) is 9.53. The fraction of sp³-hybridized carbons (Fsp3) is 0.393. The highest BCUT2D eigenvalue weighted by Crippen LogP contribution is 2.34. The molecule has 0 spiro atoms. The fourth-order valence-electron chi connectivity index (χ4n) is 5.36. The van der Waals surface area contributed by atoms with Crippen molar-refractivity contribution in [3.63, 3.8) is 0 Å². The van der Waals surface area contributed by atoms with Crippen LogP contribution in [0.2, 0.25) is 0 Å². The summed E-state index contributed by atoms with van der Waals surface area (Å²) in [6.07, 6.45) is 7.64. The first-order valence-corrected chi connectivity index (χ1v) is 12.3. The van der Waals surface area contributed by atoms with E-state index in [4.69, 9.17) is 0 Å². The Morgan fingerprint density at radius 3 is 2.21 bits per heavy atom. The minimum absolute atomic E-state index is 0.210. The number of fused-ring (bicyclic) bond motifs is 1. The molecule has 1 aliphatic carbocycles. The van der Waals surface area contributed by atoms with Crippen LogP contribution >= 0.6 is 0 Å². The van der Waals surface area contributed by atoms with Gasteiger partial charge in [0.2, 0.25) is 17.7 Å². The smallest absolute Gasteiger partial charge is 0.240 e. The number of allylic oxidation sites excluding steroid dienone is 2. The molecule has 2 unspecified atom stereocenters. The Hall–Kier alpha value is -3.25. The number of imide groups is 1. The van der Waals surface area contributed by atoms with Crippen molar-refractivity contribution in [2.75, 3.05) is 19.6 Å². The largest absolute Gasteiger partial charge is 0.350 e. The zero-order valence-electron chi connectivity index (χ0n) is 19.4. The molecule has 2 atom stereocenters. The van der Waals surface area contributed by atoms with E-state index in [1.165, 1.54) is 31.5 Å². The lowest BCUT2D eigenvalue weighted by molar-refractivity contribution is -0.143. The molecule has 6 nitrogen and oxygen atoms in total. The molecule has 2 heterocycles. The number of hydrogen-bond acceptors (Lipinski definition) is 4. The lowest BCUT2D eigenvalue weighted by Crippen LogP contribution is -2.40. The third kappa shape index (κ3) is 4.68. The minimum atomic E-state index is -0.316. The molecule has 176 valence electrons. The van der Waals surface area contributed by atoms with Crippen LogP contribution in [0.4, 0.5) is 0 Å². The summed E-state index contributed by atoms with van der Waals surface area (Å²) in [7, 11) is 0. The highest BCUT2D eigenvalue weighted by atomic mass is 16.2. The third-order valence-electron chi connectivity index (χ3n) is 7.26. The molecule has 3 amide bonds. The maximum absolute atomic E-state index is 12.6. The van der Waals surface area contributed by atoms with Crippen LogP contribution in [-0.4, -0.2) is 47.2 Å². The molecule has 0 radical (unpaired) electrons. The van der Waals surface area contributed by atoms with E-state index in [9.17, 15) is 14.4 Å². The number of nitrogens with zero attached hydrogens (tertiary/aromatic N) is 2. The molecular formula is C28H31N3O3.